The van der Waals surface area contributed by atoms with Crippen molar-refractivity contribution in [3.63, 3.8) is 0 Å². The fraction of sp³-hybridized carbons (Fsp3) is 0.800. The summed E-state index contributed by atoms with van der Waals surface area (Å²) in [6.07, 6.45) is 15.0. The molecule has 2 fully saturated rings. The van der Waals surface area contributed by atoms with Gasteiger partial charge in [0.25, 0.3) is 5.79 Å². The summed E-state index contributed by atoms with van der Waals surface area (Å²) >= 11 is 0. The second-order valence-electron chi connectivity index (χ2n) is 9.50. The minimum Gasteiger partial charge on any atom is -0.465 e. The van der Waals surface area contributed by atoms with Gasteiger partial charge in [-0.3, -0.25) is 0 Å². The average molecular weight is 439 g/mol. The van der Waals surface area contributed by atoms with Crippen LogP contribution in [0.1, 0.15) is 85.0 Å². The maximum absolute atomic E-state index is 11.5. The van der Waals surface area contributed by atoms with E-state index in [1.807, 2.05) is 13.8 Å². The first-order valence-corrected chi connectivity index (χ1v) is 11.9. The number of carbonyl (C=O) groups is 1. The molecule has 4 atom stereocenters. The van der Waals surface area contributed by atoms with E-state index in [0.717, 1.165) is 39.2 Å². The topological polar surface area (TPSA) is 85.2 Å². The van der Waals surface area contributed by atoms with Crippen LogP contribution < -0.4 is 0 Å². The van der Waals surface area contributed by atoms with Crippen LogP contribution in [0.15, 0.2) is 24.3 Å². The van der Waals surface area contributed by atoms with E-state index >= 15 is 0 Å². The molecular formula is C25H42O6. The Kier molecular flexibility index (Phi) is 9.74. The minimum absolute atomic E-state index is 0.0691. The van der Waals surface area contributed by atoms with Gasteiger partial charge in [-0.2, -0.15) is 0 Å². The zero-order valence-corrected chi connectivity index (χ0v) is 19.8. The van der Waals surface area contributed by atoms with Crippen molar-refractivity contribution in [2.24, 2.45) is 11.8 Å². The molecule has 0 aromatic carbocycles. The van der Waals surface area contributed by atoms with Crippen LogP contribution in [0.25, 0.3) is 0 Å². The molecule has 2 aliphatic rings. The second-order valence-corrected chi connectivity index (χ2v) is 9.50. The molecule has 2 rings (SSSR count). The normalized spacial score (nSPS) is 27.5. The van der Waals surface area contributed by atoms with E-state index < -0.39 is 17.5 Å². The number of ether oxygens (including phenoxy) is 3. The average Bonchev–Trinajstić information content (AvgIpc) is 3.18. The highest BCUT2D eigenvalue weighted by molar-refractivity contribution is 5.80. The molecule has 1 aliphatic heterocycles. The van der Waals surface area contributed by atoms with Crippen molar-refractivity contribution in [3.8, 4) is 0 Å². The molecule has 1 aliphatic carbocycles. The Morgan fingerprint density at radius 3 is 2.61 bits per heavy atom. The van der Waals surface area contributed by atoms with Crippen molar-refractivity contribution >= 4 is 5.97 Å². The van der Waals surface area contributed by atoms with Gasteiger partial charge in [-0.05, 0) is 63.9 Å². The summed E-state index contributed by atoms with van der Waals surface area (Å²) in [5.41, 5.74) is 0.0691. The van der Waals surface area contributed by atoms with Crippen LogP contribution in [-0.4, -0.2) is 47.1 Å². The summed E-state index contributed by atoms with van der Waals surface area (Å²) in [6, 6.07) is 0. The van der Waals surface area contributed by atoms with Crippen LogP contribution in [0.5, 0.6) is 0 Å². The van der Waals surface area contributed by atoms with Crippen molar-refractivity contribution in [2.75, 3.05) is 7.11 Å². The van der Waals surface area contributed by atoms with E-state index in [-0.39, 0.29) is 17.8 Å². The number of esters is 1. The zero-order valence-electron chi connectivity index (χ0n) is 19.8. The van der Waals surface area contributed by atoms with Gasteiger partial charge in [-0.15, -0.1) is 0 Å². The van der Waals surface area contributed by atoms with Gasteiger partial charge < -0.3 is 24.4 Å². The number of carbonyl (C=O) groups excluding carboxylic acids is 1. The quantitative estimate of drug-likeness (QED) is 0.189. The molecule has 0 bridgehead atoms. The lowest BCUT2D eigenvalue weighted by Crippen LogP contribution is -2.41. The SMILES string of the molecule is C=C(CCCC[C@H]1C[C@H]2OC(C)(C)O[C@H]2[C@@H]1C=CCCCCCC)C(O)(O)C(=O)OC. The van der Waals surface area contributed by atoms with Crippen molar-refractivity contribution in [1.82, 2.24) is 0 Å². The zero-order chi connectivity index (χ0) is 23.1. The smallest absolute Gasteiger partial charge is 0.370 e. The van der Waals surface area contributed by atoms with Gasteiger partial charge in [0.1, 0.15) is 0 Å². The van der Waals surface area contributed by atoms with E-state index in [0.29, 0.717) is 18.3 Å². The number of unbranched alkanes of at least 4 members (excludes halogenated alkanes) is 5. The van der Waals surface area contributed by atoms with Crippen LogP contribution in [0.3, 0.4) is 0 Å². The number of hydrogen-bond donors (Lipinski definition) is 2. The van der Waals surface area contributed by atoms with Crippen molar-refractivity contribution < 1.29 is 29.2 Å². The molecule has 6 heteroatoms. The van der Waals surface area contributed by atoms with Gasteiger partial charge in [0.05, 0.1) is 19.3 Å². The summed E-state index contributed by atoms with van der Waals surface area (Å²) in [6.45, 7) is 9.85. The monoisotopic (exact) mass is 438 g/mol. The first kappa shape index (κ1) is 26.0. The van der Waals surface area contributed by atoms with Crippen molar-refractivity contribution in [2.45, 2.75) is 109 Å². The first-order chi connectivity index (χ1) is 14.6. The van der Waals surface area contributed by atoms with E-state index in [1.54, 1.807) is 0 Å². The number of methoxy groups -OCH3 is 1. The lowest BCUT2D eigenvalue weighted by molar-refractivity contribution is -0.194. The molecule has 1 heterocycles. The van der Waals surface area contributed by atoms with Gasteiger partial charge in [0.15, 0.2) is 5.79 Å². The Morgan fingerprint density at radius 2 is 1.94 bits per heavy atom. The summed E-state index contributed by atoms with van der Waals surface area (Å²) in [5.74, 6) is -3.42. The van der Waals surface area contributed by atoms with Crippen molar-refractivity contribution in [3.05, 3.63) is 24.3 Å². The molecule has 0 amide bonds. The third-order valence-corrected chi connectivity index (χ3v) is 6.53. The fourth-order valence-corrected chi connectivity index (χ4v) is 4.82. The Hall–Kier alpha value is -1.21. The van der Waals surface area contributed by atoms with Crippen LogP contribution in [0.2, 0.25) is 0 Å². The van der Waals surface area contributed by atoms with Crippen LogP contribution in [0, 0.1) is 11.8 Å². The predicted molar refractivity (Wildman–Crippen MR) is 120 cm³/mol. The van der Waals surface area contributed by atoms with E-state index in [9.17, 15) is 15.0 Å². The third kappa shape index (κ3) is 7.14. The number of rotatable bonds is 13. The van der Waals surface area contributed by atoms with Gasteiger partial charge in [-0.25, -0.2) is 4.79 Å². The molecule has 6 nitrogen and oxygen atoms in total. The summed E-state index contributed by atoms with van der Waals surface area (Å²) in [4.78, 5) is 11.5. The summed E-state index contributed by atoms with van der Waals surface area (Å²) in [5, 5.41) is 19.8. The molecule has 178 valence electrons. The highest BCUT2D eigenvalue weighted by Gasteiger charge is 2.51. The summed E-state index contributed by atoms with van der Waals surface area (Å²) < 4.78 is 16.8. The molecule has 31 heavy (non-hydrogen) atoms. The maximum atomic E-state index is 11.5. The van der Waals surface area contributed by atoms with E-state index in [4.69, 9.17) is 9.47 Å². The molecule has 2 N–H and O–H groups in total. The largest absolute Gasteiger partial charge is 0.465 e. The van der Waals surface area contributed by atoms with Crippen LogP contribution in [0.4, 0.5) is 0 Å². The molecule has 0 aromatic rings. The molecular weight excluding hydrogens is 396 g/mol. The Morgan fingerprint density at radius 1 is 1.19 bits per heavy atom. The molecule has 1 saturated heterocycles. The molecule has 0 unspecified atom stereocenters. The van der Waals surface area contributed by atoms with Crippen LogP contribution in [-0.2, 0) is 19.0 Å². The minimum atomic E-state index is -2.62. The Balaban J connectivity index is 1.86. The van der Waals surface area contributed by atoms with Gasteiger partial charge >= 0.3 is 5.97 Å². The summed E-state index contributed by atoms with van der Waals surface area (Å²) in [7, 11) is 1.12. The molecule has 0 spiro atoms. The van der Waals surface area contributed by atoms with Crippen LogP contribution >= 0.6 is 0 Å². The molecule has 0 aromatic heterocycles. The number of aliphatic hydroxyl groups is 2. The van der Waals surface area contributed by atoms with Gasteiger partial charge in [0, 0.05) is 5.92 Å². The van der Waals surface area contributed by atoms with Gasteiger partial charge in [0.2, 0.25) is 0 Å². The Bertz CT molecular complexity index is 624. The number of fused-ring (bicyclic) bond motifs is 1. The van der Waals surface area contributed by atoms with E-state index in [2.05, 4.69) is 30.4 Å². The lowest BCUT2D eigenvalue weighted by Gasteiger charge is -2.25. The Labute approximate surface area is 187 Å². The first-order valence-electron chi connectivity index (χ1n) is 11.9. The maximum Gasteiger partial charge on any atom is 0.370 e. The van der Waals surface area contributed by atoms with Crippen molar-refractivity contribution in [1.29, 1.82) is 0 Å². The highest BCUT2D eigenvalue weighted by atomic mass is 16.8. The number of allylic oxidation sites excluding steroid dienone is 1. The fourth-order valence-electron chi connectivity index (χ4n) is 4.82. The molecule has 0 radical (unpaired) electrons. The highest BCUT2D eigenvalue weighted by Crippen LogP contribution is 2.47. The third-order valence-electron chi connectivity index (χ3n) is 6.53. The standard InChI is InChI=1S/C25H42O6/c1-6-7-8-9-10-11-16-20-19(17-21-22(20)31-24(3,4)30-21)15-13-12-14-18(2)25(27,28)23(26)29-5/h11,16,19-22,27-28H,2,6-10,12-15,17H2,1,3-5H3/t19-,20+,21+,22-/m0/s1. The molecule has 1 saturated carbocycles. The van der Waals surface area contributed by atoms with E-state index in [1.165, 1.54) is 25.7 Å². The van der Waals surface area contributed by atoms with Gasteiger partial charge in [-0.1, -0.05) is 51.3 Å². The lowest BCUT2D eigenvalue weighted by atomic mass is 9.88. The number of hydrogen-bond acceptors (Lipinski definition) is 6. The predicted octanol–water partition coefficient (Wildman–Crippen LogP) is 4.64. The second kappa shape index (κ2) is 11.6.